The Morgan fingerprint density at radius 1 is 0.970 bits per heavy atom. The first kappa shape index (κ1) is 23.8. The second-order valence-corrected chi connectivity index (χ2v) is 7.85. The predicted molar refractivity (Wildman–Crippen MR) is 124 cm³/mol. The van der Waals surface area contributed by atoms with Crippen LogP contribution >= 0.6 is 0 Å². The van der Waals surface area contributed by atoms with E-state index in [1.54, 1.807) is 0 Å². The van der Waals surface area contributed by atoms with Gasteiger partial charge >= 0.3 is 5.97 Å². The minimum atomic E-state index is -0.957. The molecule has 1 amide bonds. The van der Waals surface area contributed by atoms with Crippen molar-refractivity contribution >= 4 is 11.9 Å². The molecule has 172 valence electrons. The van der Waals surface area contributed by atoms with Crippen molar-refractivity contribution in [3.8, 4) is 11.5 Å². The van der Waals surface area contributed by atoms with E-state index < -0.39 is 29.8 Å². The van der Waals surface area contributed by atoms with Crippen molar-refractivity contribution in [2.24, 2.45) is 0 Å². The van der Waals surface area contributed by atoms with E-state index in [0.29, 0.717) is 0 Å². The molecule has 7 heteroatoms. The molecule has 2 N–H and O–H groups in total. The number of hydrogen-bond donors (Lipinski definition) is 2. The molecule has 0 unspecified atom stereocenters. The zero-order chi connectivity index (χ0) is 24.0. The quantitative estimate of drug-likeness (QED) is 0.506. The maximum Gasteiger partial charge on any atom is 0.328 e. The van der Waals surface area contributed by atoms with E-state index in [4.69, 9.17) is 9.47 Å². The van der Waals surface area contributed by atoms with Crippen molar-refractivity contribution in [2.75, 3.05) is 7.11 Å². The molecule has 3 atom stereocenters. The summed E-state index contributed by atoms with van der Waals surface area (Å²) >= 11 is 0. The van der Waals surface area contributed by atoms with Gasteiger partial charge in [0.05, 0.1) is 7.11 Å². The number of benzene rings is 2. The number of ether oxygens (including phenoxy) is 2. The SMILES string of the molecule is COc1ccnc(C(=O)N[C@@H](C)C(=O)O[C@@H](C)[C@@H](c2ccccc2)c2ccc(C)cc2)c1O. The van der Waals surface area contributed by atoms with Gasteiger partial charge in [0.1, 0.15) is 12.1 Å². The maximum atomic E-state index is 12.8. The van der Waals surface area contributed by atoms with Crippen LogP contribution in [0.25, 0.3) is 0 Å². The highest BCUT2D eigenvalue weighted by Crippen LogP contribution is 2.30. The topological polar surface area (TPSA) is 97.8 Å². The van der Waals surface area contributed by atoms with Gasteiger partial charge in [0, 0.05) is 18.2 Å². The number of methoxy groups -OCH3 is 1. The molecule has 0 saturated heterocycles. The van der Waals surface area contributed by atoms with Gasteiger partial charge in [-0.05, 0) is 31.9 Å². The van der Waals surface area contributed by atoms with Crippen LogP contribution in [0, 0.1) is 6.92 Å². The van der Waals surface area contributed by atoms with Crippen molar-refractivity contribution in [3.05, 3.63) is 89.2 Å². The Balaban J connectivity index is 1.74. The van der Waals surface area contributed by atoms with Crippen molar-refractivity contribution in [3.63, 3.8) is 0 Å². The fourth-order valence-electron chi connectivity index (χ4n) is 3.61. The number of carbonyl (C=O) groups is 2. The number of nitrogens with one attached hydrogen (secondary N) is 1. The Kier molecular flexibility index (Phi) is 7.66. The molecule has 33 heavy (non-hydrogen) atoms. The lowest BCUT2D eigenvalue weighted by Crippen LogP contribution is -2.41. The summed E-state index contributed by atoms with van der Waals surface area (Å²) in [4.78, 5) is 29.2. The first-order chi connectivity index (χ1) is 15.8. The van der Waals surface area contributed by atoms with Crippen LogP contribution in [0.4, 0.5) is 0 Å². The summed E-state index contributed by atoms with van der Waals surface area (Å²) < 4.78 is 10.8. The van der Waals surface area contributed by atoms with E-state index in [0.717, 1.165) is 16.7 Å². The third-order valence-electron chi connectivity index (χ3n) is 5.39. The highest BCUT2D eigenvalue weighted by molar-refractivity contribution is 5.97. The fraction of sp³-hybridized carbons (Fsp3) is 0.269. The van der Waals surface area contributed by atoms with Crippen LogP contribution in [0.3, 0.4) is 0 Å². The van der Waals surface area contributed by atoms with Crippen LogP contribution in [0.15, 0.2) is 66.9 Å². The molecule has 0 bridgehead atoms. The highest BCUT2D eigenvalue weighted by atomic mass is 16.5. The molecule has 0 fully saturated rings. The summed E-state index contributed by atoms with van der Waals surface area (Å²) in [7, 11) is 1.37. The zero-order valence-electron chi connectivity index (χ0n) is 19.1. The number of pyridine rings is 1. The van der Waals surface area contributed by atoms with Gasteiger partial charge in [0.25, 0.3) is 5.91 Å². The van der Waals surface area contributed by atoms with Crippen LogP contribution in [-0.4, -0.2) is 41.2 Å². The number of rotatable bonds is 8. The van der Waals surface area contributed by atoms with Crippen molar-refractivity contribution < 1.29 is 24.2 Å². The normalized spacial score (nSPS) is 13.5. The Labute approximate surface area is 193 Å². The van der Waals surface area contributed by atoms with Crippen molar-refractivity contribution in [2.45, 2.75) is 38.8 Å². The molecular formula is C26H28N2O5. The van der Waals surface area contributed by atoms with E-state index in [1.165, 1.54) is 26.3 Å². The first-order valence-corrected chi connectivity index (χ1v) is 10.7. The van der Waals surface area contributed by atoms with E-state index in [9.17, 15) is 14.7 Å². The average Bonchev–Trinajstić information content (AvgIpc) is 2.81. The Morgan fingerprint density at radius 3 is 2.24 bits per heavy atom. The van der Waals surface area contributed by atoms with Gasteiger partial charge in [-0.2, -0.15) is 0 Å². The number of aryl methyl sites for hydroxylation is 1. The molecule has 0 aliphatic rings. The van der Waals surface area contributed by atoms with Gasteiger partial charge in [-0.1, -0.05) is 60.2 Å². The molecule has 7 nitrogen and oxygen atoms in total. The molecule has 0 saturated carbocycles. The number of nitrogens with zero attached hydrogens (tertiary/aromatic N) is 1. The van der Waals surface area contributed by atoms with Crippen LogP contribution in [0.1, 0.15) is 46.9 Å². The van der Waals surface area contributed by atoms with E-state index in [1.807, 2.05) is 68.4 Å². The second kappa shape index (κ2) is 10.6. The van der Waals surface area contributed by atoms with Gasteiger partial charge in [0.2, 0.25) is 0 Å². The fourth-order valence-corrected chi connectivity index (χ4v) is 3.61. The third kappa shape index (κ3) is 5.68. The smallest absolute Gasteiger partial charge is 0.328 e. The number of esters is 1. The number of hydrogen-bond acceptors (Lipinski definition) is 6. The Morgan fingerprint density at radius 2 is 1.61 bits per heavy atom. The van der Waals surface area contributed by atoms with Gasteiger partial charge in [-0.3, -0.25) is 4.79 Å². The molecule has 1 aromatic heterocycles. The summed E-state index contributed by atoms with van der Waals surface area (Å²) in [5.41, 5.74) is 2.95. The monoisotopic (exact) mass is 448 g/mol. The molecule has 1 heterocycles. The van der Waals surface area contributed by atoms with Crippen molar-refractivity contribution in [1.82, 2.24) is 10.3 Å². The van der Waals surface area contributed by atoms with E-state index >= 15 is 0 Å². The van der Waals surface area contributed by atoms with Crippen LogP contribution in [0.5, 0.6) is 11.5 Å². The van der Waals surface area contributed by atoms with Gasteiger partial charge < -0.3 is 19.9 Å². The van der Waals surface area contributed by atoms with Crippen LogP contribution in [-0.2, 0) is 9.53 Å². The van der Waals surface area contributed by atoms with Gasteiger partial charge in [-0.25, -0.2) is 9.78 Å². The lowest BCUT2D eigenvalue weighted by atomic mass is 9.87. The first-order valence-electron chi connectivity index (χ1n) is 10.7. The van der Waals surface area contributed by atoms with Crippen LogP contribution in [0.2, 0.25) is 0 Å². The van der Waals surface area contributed by atoms with E-state index in [-0.39, 0.29) is 17.4 Å². The van der Waals surface area contributed by atoms with Crippen molar-refractivity contribution in [1.29, 1.82) is 0 Å². The molecule has 3 rings (SSSR count). The number of aromatic nitrogens is 1. The molecule has 0 spiro atoms. The van der Waals surface area contributed by atoms with E-state index in [2.05, 4.69) is 10.3 Å². The summed E-state index contributed by atoms with van der Waals surface area (Å²) in [6, 6.07) is 18.4. The number of carbonyl (C=O) groups excluding carboxylic acids is 2. The van der Waals surface area contributed by atoms with Gasteiger partial charge in [-0.15, -0.1) is 0 Å². The largest absolute Gasteiger partial charge is 0.503 e. The second-order valence-electron chi connectivity index (χ2n) is 7.85. The molecule has 0 radical (unpaired) electrons. The minimum Gasteiger partial charge on any atom is -0.503 e. The van der Waals surface area contributed by atoms with Crippen LogP contribution < -0.4 is 10.1 Å². The lowest BCUT2D eigenvalue weighted by Gasteiger charge is -2.26. The van der Waals surface area contributed by atoms with Gasteiger partial charge in [0.15, 0.2) is 17.2 Å². The molecule has 0 aliphatic heterocycles. The number of amides is 1. The Hall–Kier alpha value is -3.87. The molecule has 3 aromatic rings. The highest BCUT2D eigenvalue weighted by Gasteiger charge is 2.28. The predicted octanol–water partition coefficient (Wildman–Crippen LogP) is 3.99. The number of aromatic hydroxyl groups is 1. The lowest BCUT2D eigenvalue weighted by molar-refractivity contribution is -0.150. The average molecular weight is 449 g/mol. The third-order valence-corrected chi connectivity index (χ3v) is 5.39. The summed E-state index contributed by atoms with van der Waals surface area (Å²) in [6.45, 7) is 5.37. The summed E-state index contributed by atoms with van der Waals surface area (Å²) in [5, 5.41) is 12.7. The summed E-state index contributed by atoms with van der Waals surface area (Å²) in [5.74, 6) is -1.76. The molecular weight excluding hydrogens is 420 g/mol. The zero-order valence-corrected chi connectivity index (χ0v) is 19.1. The minimum absolute atomic E-state index is 0.114. The Bertz CT molecular complexity index is 1100. The maximum absolute atomic E-state index is 12.8. The molecule has 0 aliphatic carbocycles. The summed E-state index contributed by atoms with van der Waals surface area (Å²) in [6.07, 6.45) is 0.843. The molecule has 2 aromatic carbocycles. The standard InChI is InChI=1S/C26H28N2O5/c1-16-10-12-20(13-11-16)22(19-8-6-5-7-9-19)18(3)33-26(31)17(2)28-25(30)23-24(29)21(32-4)14-15-27-23/h5-15,17-18,22,29H,1-4H3,(H,28,30)/t17-,18-,22-/m0/s1.